The number of esters is 1. The molecule has 3 aromatic rings. The number of hydrogen-bond donors (Lipinski definition) is 0. The van der Waals surface area contributed by atoms with Crippen molar-refractivity contribution in [3.63, 3.8) is 0 Å². The van der Waals surface area contributed by atoms with Crippen LogP contribution >= 0.6 is 11.6 Å². The van der Waals surface area contributed by atoms with E-state index in [1.165, 1.54) is 7.11 Å². The number of carbonyl (C=O) groups is 1. The number of fused-ring (bicyclic) bond motifs is 1. The molecule has 0 amide bonds. The molecule has 0 atom stereocenters. The number of carbonyl (C=O) groups excluding carboxylic acids is 1. The monoisotopic (exact) mass is 287 g/mol. The van der Waals surface area contributed by atoms with E-state index in [0.717, 1.165) is 10.9 Å². The van der Waals surface area contributed by atoms with Crippen molar-refractivity contribution in [1.82, 2.24) is 14.5 Å². The lowest BCUT2D eigenvalue weighted by molar-refractivity contribution is 0.0603. The van der Waals surface area contributed by atoms with Crippen molar-refractivity contribution in [3.05, 3.63) is 53.6 Å². The average Bonchev–Trinajstić information content (AvgIpc) is 2.86. The molecule has 20 heavy (non-hydrogen) atoms. The lowest BCUT2D eigenvalue weighted by Gasteiger charge is -2.03. The fraction of sp³-hybridized carbons (Fsp3) is 0.0714. The SMILES string of the molecule is COC(=O)c1cn(-c2ccnc(Cl)n2)c2ccccc12. The van der Waals surface area contributed by atoms with Gasteiger partial charge in [0, 0.05) is 17.8 Å². The zero-order valence-electron chi connectivity index (χ0n) is 10.6. The Kier molecular flexibility index (Phi) is 3.12. The van der Waals surface area contributed by atoms with E-state index in [1.807, 2.05) is 24.3 Å². The summed E-state index contributed by atoms with van der Waals surface area (Å²) < 4.78 is 6.59. The highest BCUT2D eigenvalue weighted by Gasteiger charge is 2.16. The summed E-state index contributed by atoms with van der Waals surface area (Å²) in [7, 11) is 1.36. The lowest BCUT2D eigenvalue weighted by atomic mass is 10.2. The summed E-state index contributed by atoms with van der Waals surface area (Å²) in [5, 5.41) is 0.953. The van der Waals surface area contributed by atoms with E-state index in [0.29, 0.717) is 11.4 Å². The van der Waals surface area contributed by atoms with Crippen LogP contribution in [0.1, 0.15) is 10.4 Å². The van der Waals surface area contributed by atoms with Crippen LogP contribution in [-0.4, -0.2) is 27.6 Å². The van der Waals surface area contributed by atoms with E-state index in [9.17, 15) is 4.79 Å². The van der Waals surface area contributed by atoms with Crippen LogP contribution in [0.3, 0.4) is 0 Å². The predicted octanol–water partition coefficient (Wildman–Crippen LogP) is 2.86. The number of methoxy groups -OCH3 is 1. The quantitative estimate of drug-likeness (QED) is 0.537. The van der Waals surface area contributed by atoms with Crippen molar-refractivity contribution in [1.29, 1.82) is 0 Å². The molecule has 0 fully saturated rings. The van der Waals surface area contributed by atoms with Gasteiger partial charge in [-0.05, 0) is 23.7 Å². The van der Waals surface area contributed by atoms with Crippen molar-refractivity contribution in [2.24, 2.45) is 0 Å². The number of nitrogens with zero attached hydrogens (tertiary/aromatic N) is 3. The first-order valence-electron chi connectivity index (χ1n) is 5.88. The molecule has 0 aliphatic heterocycles. The molecule has 6 heteroatoms. The predicted molar refractivity (Wildman–Crippen MR) is 75.2 cm³/mol. The van der Waals surface area contributed by atoms with Gasteiger partial charge in [0.2, 0.25) is 5.28 Å². The number of aromatic nitrogens is 3. The van der Waals surface area contributed by atoms with Crippen LogP contribution in [0.2, 0.25) is 5.28 Å². The Balaban J connectivity index is 2.29. The van der Waals surface area contributed by atoms with Crippen LogP contribution in [0.5, 0.6) is 0 Å². The second-order valence-electron chi connectivity index (χ2n) is 4.11. The standard InChI is InChI=1S/C14H10ClN3O2/c1-20-13(19)10-8-18(11-5-3-2-4-9(10)11)12-6-7-16-14(15)17-12/h2-8H,1H3. The third-order valence-corrected chi connectivity index (χ3v) is 3.16. The Morgan fingerprint density at radius 1 is 1.30 bits per heavy atom. The molecule has 0 radical (unpaired) electrons. The van der Waals surface area contributed by atoms with Gasteiger partial charge in [-0.1, -0.05) is 18.2 Å². The van der Waals surface area contributed by atoms with Gasteiger partial charge in [0.05, 0.1) is 18.2 Å². The maximum atomic E-state index is 11.8. The number of hydrogen-bond acceptors (Lipinski definition) is 4. The average molecular weight is 288 g/mol. The molecule has 100 valence electrons. The van der Waals surface area contributed by atoms with Crippen LogP contribution in [0.15, 0.2) is 42.7 Å². The van der Waals surface area contributed by atoms with Gasteiger partial charge in [-0.2, -0.15) is 4.98 Å². The first-order valence-corrected chi connectivity index (χ1v) is 6.26. The smallest absolute Gasteiger partial charge is 0.340 e. The maximum Gasteiger partial charge on any atom is 0.340 e. The largest absolute Gasteiger partial charge is 0.465 e. The van der Waals surface area contributed by atoms with Crippen molar-refractivity contribution in [2.45, 2.75) is 0 Å². The number of halogens is 1. The van der Waals surface area contributed by atoms with Crippen LogP contribution < -0.4 is 0 Å². The van der Waals surface area contributed by atoms with Crippen molar-refractivity contribution in [3.8, 4) is 5.82 Å². The molecule has 1 aromatic carbocycles. The third kappa shape index (κ3) is 2.02. The minimum absolute atomic E-state index is 0.153. The summed E-state index contributed by atoms with van der Waals surface area (Å²) >= 11 is 5.82. The normalized spacial score (nSPS) is 10.7. The molecule has 0 aliphatic carbocycles. The molecular formula is C14H10ClN3O2. The fourth-order valence-corrected chi connectivity index (χ4v) is 2.25. The van der Waals surface area contributed by atoms with E-state index in [-0.39, 0.29) is 11.3 Å². The van der Waals surface area contributed by atoms with Gasteiger partial charge in [0.1, 0.15) is 5.82 Å². The Morgan fingerprint density at radius 3 is 2.85 bits per heavy atom. The van der Waals surface area contributed by atoms with Gasteiger partial charge in [0.25, 0.3) is 0 Å². The molecule has 0 aliphatic rings. The Labute approximate surface area is 119 Å². The molecule has 5 nitrogen and oxygen atoms in total. The topological polar surface area (TPSA) is 57.0 Å². The number of ether oxygens (including phenoxy) is 1. The van der Waals surface area contributed by atoms with Gasteiger partial charge >= 0.3 is 5.97 Å². The fourth-order valence-electron chi connectivity index (χ4n) is 2.10. The Morgan fingerprint density at radius 2 is 2.10 bits per heavy atom. The molecule has 2 heterocycles. The van der Waals surface area contributed by atoms with E-state index in [2.05, 4.69) is 9.97 Å². The van der Waals surface area contributed by atoms with Gasteiger partial charge in [0.15, 0.2) is 0 Å². The summed E-state index contributed by atoms with van der Waals surface area (Å²) in [5.41, 5.74) is 1.33. The maximum absolute atomic E-state index is 11.8. The summed E-state index contributed by atoms with van der Waals surface area (Å²) in [4.78, 5) is 19.9. The van der Waals surface area contributed by atoms with Gasteiger partial charge in [-0.3, -0.25) is 0 Å². The lowest BCUT2D eigenvalue weighted by Crippen LogP contribution is -2.00. The van der Waals surface area contributed by atoms with Crippen molar-refractivity contribution < 1.29 is 9.53 Å². The molecule has 0 saturated carbocycles. The highest BCUT2D eigenvalue weighted by atomic mass is 35.5. The third-order valence-electron chi connectivity index (χ3n) is 2.98. The first-order chi connectivity index (χ1) is 9.70. The minimum Gasteiger partial charge on any atom is -0.465 e. The number of benzene rings is 1. The van der Waals surface area contributed by atoms with Crippen LogP contribution in [0.4, 0.5) is 0 Å². The molecule has 0 saturated heterocycles. The molecule has 2 aromatic heterocycles. The van der Waals surface area contributed by atoms with Crippen molar-refractivity contribution in [2.75, 3.05) is 7.11 Å². The number of para-hydroxylation sites is 1. The second kappa shape index (κ2) is 4.94. The van der Waals surface area contributed by atoms with E-state index < -0.39 is 0 Å². The first kappa shape index (κ1) is 12.6. The molecule has 0 N–H and O–H groups in total. The molecule has 3 rings (SSSR count). The van der Waals surface area contributed by atoms with Gasteiger partial charge < -0.3 is 9.30 Å². The van der Waals surface area contributed by atoms with Gasteiger partial charge in [-0.25, -0.2) is 9.78 Å². The zero-order valence-corrected chi connectivity index (χ0v) is 11.3. The summed E-state index contributed by atoms with van der Waals surface area (Å²) in [6.07, 6.45) is 3.26. The van der Waals surface area contributed by atoms with Crippen LogP contribution in [-0.2, 0) is 4.74 Å². The summed E-state index contributed by atoms with van der Waals surface area (Å²) in [6, 6.07) is 9.24. The zero-order chi connectivity index (χ0) is 14.1. The minimum atomic E-state index is -0.389. The van der Waals surface area contributed by atoms with Crippen molar-refractivity contribution >= 4 is 28.5 Å². The number of rotatable bonds is 2. The van der Waals surface area contributed by atoms with Crippen LogP contribution in [0, 0.1) is 0 Å². The molecule has 0 bridgehead atoms. The van der Waals surface area contributed by atoms with E-state index >= 15 is 0 Å². The second-order valence-corrected chi connectivity index (χ2v) is 4.44. The molecular weight excluding hydrogens is 278 g/mol. The van der Waals surface area contributed by atoms with E-state index in [4.69, 9.17) is 16.3 Å². The van der Waals surface area contributed by atoms with Crippen LogP contribution in [0.25, 0.3) is 16.7 Å². The molecule has 0 unspecified atom stereocenters. The highest BCUT2D eigenvalue weighted by molar-refractivity contribution is 6.28. The highest BCUT2D eigenvalue weighted by Crippen LogP contribution is 2.24. The van der Waals surface area contributed by atoms with E-state index in [1.54, 1.807) is 23.0 Å². The summed E-state index contributed by atoms with van der Waals surface area (Å²) in [5.74, 6) is 0.205. The Hall–Kier alpha value is -2.40. The molecule has 0 spiro atoms. The Bertz CT molecular complexity index is 798. The summed E-state index contributed by atoms with van der Waals surface area (Å²) in [6.45, 7) is 0. The van der Waals surface area contributed by atoms with Gasteiger partial charge in [-0.15, -0.1) is 0 Å².